The molecule has 0 N–H and O–H groups in total. The van der Waals surface area contributed by atoms with Crippen LogP contribution in [0.4, 0.5) is 34.1 Å². The summed E-state index contributed by atoms with van der Waals surface area (Å²) in [6.45, 7) is 0. The van der Waals surface area contributed by atoms with Gasteiger partial charge in [0.15, 0.2) is 5.82 Å². The van der Waals surface area contributed by atoms with Gasteiger partial charge in [0.1, 0.15) is 0 Å². The summed E-state index contributed by atoms with van der Waals surface area (Å²) < 4.78 is 2.23. The minimum atomic E-state index is 0.393. The predicted octanol–water partition coefficient (Wildman–Crippen LogP) is 15.1. The average Bonchev–Trinajstić information content (AvgIpc) is 3.75. The van der Waals surface area contributed by atoms with Crippen molar-refractivity contribution in [2.45, 2.75) is 0 Å². The van der Waals surface area contributed by atoms with Crippen molar-refractivity contribution in [2.75, 3.05) is 9.80 Å². The minimum Gasteiger partial charge on any atom is -0.310 e. The first-order valence-electron chi connectivity index (χ1n) is 22.4. The molecule has 0 fully saturated rings. The summed E-state index contributed by atoms with van der Waals surface area (Å²) in [4.78, 5) is 14.5. The molecule has 69 heavy (non-hydrogen) atoms. The van der Waals surface area contributed by atoms with Crippen LogP contribution >= 0.6 is 0 Å². The van der Waals surface area contributed by atoms with Crippen LogP contribution in [0, 0.1) is 34.0 Å². The first kappa shape index (κ1) is 41.6. The molecule has 0 radical (unpaired) electrons. The fourth-order valence-corrected chi connectivity index (χ4v) is 9.08. The highest BCUT2D eigenvalue weighted by atomic mass is 15.1. The number of aromatic nitrogens is 3. The van der Waals surface area contributed by atoms with Gasteiger partial charge in [-0.05, 0) is 133 Å². The number of rotatable bonds is 10. The molecule has 0 aliphatic carbocycles. The van der Waals surface area contributed by atoms with E-state index in [0.717, 1.165) is 67.2 Å². The van der Waals surface area contributed by atoms with Gasteiger partial charge in [-0.3, -0.25) is 0 Å². The summed E-state index contributed by atoms with van der Waals surface area (Å²) in [6.07, 6.45) is 0. The summed E-state index contributed by atoms with van der Waals surface area (Å²) in [5.74, 6) is 0.393. The lowest BCUT2D eigenvalue weighted by Crippen LogP contribution is -2.09. The monoisotopic (exact) mass is 882 g/mol. The van der Waals surface area contributed by atoms with Crippen molar-refractivity contribution >= 4 is 55.9 Å². The van der Waals surface area contributed by atoms with E-state index in [-0.39, 0.29) is 0 Å². The molecule has 322 valence electrons. The third kappa shape index (κ3) is 7.96. The Labute approximate surface area is 399 Å². The first-order valence-corrected chi connectivity index (χ1v) is 22.4. The topological polar surface area (TPSA) is 109 Å². The van der Waals surface area contributed by atoms with Crippen LogP contribution in [-0.4, -0.2) is 14.5 Å². The quantitative estimate of drug-likeness (QED) is 0.135. The Balaban J connectivity index is 1.12. The highest BCUT2D eigenvalue weighted by Gasteiger charge is 2.22. The van der Waals surface area contributed by atoms with E-state index >= 15 is 0 Å². The Morgan fingerprint density at radius 3 is 1.30 bits per heavy atom. The molecule has 0 atom stereocenters. The molecule has 11 aromatic rings. The Morgan fingerprint density at radius 1 is 0.362 bits per heavy atom. The molecule has 0 aliphatic heterocycles. The Morgan fingerprint density at radius 2 is 0.826 bits per heavy atom. The maximum Gasteiger partial charge on any atom is 0.160 e. The Hall–Kier alpha value is -10.1. The van der Waals surface area contributed by atoms with Crippen molar-refractivity contribution in [1.82, 2.24) is 14.5 Å². The molecule has 8 nitrogen and oxygen atoms in total. The fourth-order valence-electron chi connectivity index (χ4n) is 9.08. The van der Waals surface area contributed by atoms with Crippen LogP contribution in [0.3, 0.4) is 0 Å². The highest BCUT2D eigenvalue weighted by Crippen LogP contribution is 2.43. The molecule has 11 rings (SSSR count). The van der Waals surface area contributed by atoms with Gasteiger partial charge in [-0.2, -0.15) is 15.8 Å². The number of fused-ring (bicyclic) bond motifs is 3. The number of anilines is 6. The van der Waals surface area contributed by atoms with Gasteiger partial charge < -0.3 is 14.4 Å². The zero-order chi connectivity index (χ0) is 46.7. The smallest absolute Gasteiger partial charge is 0.160 e. The highest BCUT2D eigenvalue weighted by molar-refractivity contribution is 6.12. The van der Waals surface area contributed by atoms with E-state index < -0.39 is 0 Å². The van der Waals surface area contributed by atoms with Gasteiger partial charge in [0.05, 0.1) is 57.3 Å². The zero-order valence-corrected chi connectivity index (χ0v) is 37.0. The predicted molar refractivity (Wildman–Crippen MR) is 276 cm³/mol. The van der Waals surface area contributed by atoms with E-state index in [2.05, 4.69) is 166 Å². The van der Waals surface area contributed by atoms with E-state index in [9.17, 15) is 15.8 Å². The van der Waals surface area contributed by atoms with Gasteiger partial charge >= 0.3 is 0 Å². The van der Waals surface area contributed by atoms with Crippen molar-refractivity contribution < 1.29 is 0 Å². The van der Waals surface area contributed by atoms with Gasteiger partial charge in [0.25, 0.3) is 0 Å². The number of hydrogen-bond donors (Lipinski definition) is 0. The Kier molecular flexibility index (Phi) is 10.9. The number of nitrogens with zero attached hydrogens (tertiary/aromatic N) is 8. The van der Waals surface area contributed by atoms with Crippen LogP contribution in [0.15, 0.2) is 231 Å². The van der Waals surface area contributed by atoms with Crippen LogP contribution in [-0.2, 0) is 0 Å². The van der Waals surface area contributed by atoms with Crippen LogP contribution in [0.25, 0.3) is 61.4 Å². The minimum absolute atomic E-state index is 0.393. The van der Waals surface area contributed by atoms with E-state index in [1.54, 1.807) is 30.3 Å². The average molecular weight is 883 g/mol. The standard InChI is InChI=1S/C61H38N8/c62-39-42-15-13-17-44(33-42)57-38-58(66-61(65-57)45-18-14-16-43(34-45)40-63)54-30-27-51(35-46(54)41-64)69-59-31-28-52(67(47-19-5-1-6-20-47)48-21-7-2-8-22-48)36-55(59)56-37-53(29-32-60(56)69)68(49-23-9-3-10-24-49)50-25-11-4-12-26-50/h1-38H. The van der Waals surface area contributed by atoms with Gasteiger partial charge in [-0.15, -0.1) is 0 Å². The number of hydrogen-bond acceptors (Lipinski definition) is 7. The molecular formula is C61H38N8. The second-order valence-corrected chi connectivity index (χ2v) is 16.4. The van der Waals surface area contributed by atoms with Crippen molar-refractivity contribution in [3.8, 4) is 57.8 Å². The SMILES string of the molecule is N#Cc1cccc(-c2cc(-c3ccc(-n4c5ccc(N(c6ccccc6)c6ccccc6)cc5c5cc(N(c6ccccc6)c6ccccc6)ccc54)cc3C#N)nc(-c3cccc(C#N)c3)n2)c1. The van der Waals surface area contributed by atoms with Crippen molar-refractivity contribution in [2.24, 2.45) is 0 Å². The van der Waals surface area contributed by atoms with Gasteiger partial charge in [-0.25, -0.2) is 9.97 Å². The molecule has 2 aromatic heterocycles. The molecular weight excluding hydrogens is 845 g/mol. The molecule has 2 heterocycles. The van der Waals surface area contributed by atoms with E-state index in [1.165, 1.54) is 0 Å². The zero-order valence-electron chi connectivity index (χ0n) is 37.0. The van der Waals surface area contributed by atoms with Crippen LogP contribution in [0.1, 0.15) is 16.7 Å². The summed E-state index contributed by atoms with van der Waals surface area (Å²) in [5.41, 5.74) is 13.4. The maximum absolute atomic E-state index is 11.0. The van der Waals surface area contributed by atoms with E-state index in [4.69, 9.17) is 9.97 Å². The van der Waals surface area contributed by atoms with Gasteiger partial charge in [-0.1, -0.05) is 97.1 Å². The number of nitriles is 3. The lowest BCUT2D eigenvalue weighted by molar-refractivity contribution is 1.16. The molecule has 0 saturated heterocycles. The normalized spacial score (nSPS) is 10.9. The van der Waals surface area contributed by atoms with Crippen LogP contribution in [0.2, 0.25) is 0 Å². The van der Waals surface area contributed by atoms with Crippen LogP contribution < -0.4 is 9.80 Å². The molecule has 0 amide bonds. The first-order chi connectivity index (χ1) is 34.1. The third-order valence-corrected chi connectivity index (χ3v) is 12.2. The summed E-state index contributed by atoms with van der Waals surface area (Å²) >= 11 is 0. The summed E-state index contributed by atoms with van der Waals surface area (Å²) in [7, 11) is 0. The molecule has 0 unspecified atom stereocenters. The van der Waals surface area contributed by atoms with E-state index in [0.29, 0.717) is 45.0 Å². The number of benzene rings is 9. The summed E-state index contributed by atoms with van der Waals surface area (Å²) in [5, 5.41) is 32.5. The Bertz CT molecular complexity index is 3530. The van der Waals surface area contributed by atoms with E-state index in [1.807, 2.05) is 66.7 Å². The molecule has 8 heteroatoms. The lowest BCUT2D eigenvalue weighted by atomic mass is 10.0. The summed E-state index contributed by atoms with van der Waals surface area (Å²) in [6, 6.07) is 83.8. The van der Waals surface area contributed by atoms with Gasteiger partial charge in [0.2, 0.25) is 0 Å². The lowest BCUT2D eigenvalue weighted by Gasteiger charge is -2.26. The molecule has 0 spiro atoms. The molecule has 0 bridgehead atoms. The van der Waals surface area contributed by atoms with Crippen molar-refractivity contribution in [3.05, 3.63) is 247 Å². The molecule has 0 saturated carbocycles. The second kappa shape index (κ2) is 18.1. The third-order valence-electron chi connectivity index (χ3n) is 12.2. The number of para-hydroxylation sites is 4. The van der Waals surface area contributed by atoms with Crippen molar-refractivity contribution in [3.63, 3.8) is 0 Å². The second-order valence-electron chi connectivity index (χ2n) is 16.4. The van der Waals surface area contributed by atoms with Crippen molar-refractivity contribution in [1.29, 1.82) is 15.8 Å². The largest absolute Gasteiger partial charge is 0.310 e. The van der Waals surface area contributed by atoms with Crippen LogP contribution in [0.5, 0.6) is 0 Å². The molecule has 0 aliphatic rings. The maximum atomic E-state index is 11.0. The molecule has 9 aromatic carbocycles. The fraction of sp³-hybridized carbons (Fsp3) is 0. The van der Waals surface area contributed by atoms with Gasteiger partial charge in [0, 0.05) is 67.3 Å².